The highest BCUT2D eigenvalue weighted by molar-refractivity contribution is 7.89. The predicted molar refractivity (Wildman–Crippen MR) is 130 cm³/mol. The van der Waals surface area contributed by atoms with Gasteiger partial charge in [-0.3, -0.25) is 9.59 Å². The minimum Gasteiger partial charge on any atom is -0.321 e. The van der Waals surface area contributed by atoms with Gasteiger partial charge in [-0.05, 0) is 49.2 Å². The van der Waals surface area contributed by atoms with Crippen LogP contribution in [0.1, 0.15) is 23.3 Å². The van der Waals surface area contributed by atoms with Crippen molar-refractivity contribution < 1.29 is 13.2 Å². The van der Waals surface area contributed by atoms with Crippen molar-refractivity contribution in [1.82, 2.24) is 14.1 Å². The summed E-state index contributed by atoms with van der Waals surface area (Å²) in [4.78, 5) is 26.5. The van der Waals surface area contributed by atoms with Crippen LogP contribution in [-0.2, 0) is 10.0 Å². The van der Waals surface area contributed by atoms with Gasteiger partial charge in [0.2, 0.25) is 10.0 Å². The summed E-state index contributed by atoms with van der Waals surface area (Å²) in [6.45, 7) is 0.992. The van der Waals surface area contributed by atoms with E-state index in [9.17, 15) is 18.0 Å². The van der Waals surface area contributed by atoms with Crippen LogP contribution in [0, 0.1) is 0 Å². The first-order chi connectivity index (χ1) is 16.4. The Hall–Kier alpha value is -3.82. The highest BCUT2D eigenvalue weighted by atomic mass is 32.2. The minimum atomic E-state index is -3.62. The second-order valence-corrected chi connectivity index (χ2v) is 9.98. The van der Waals surface area contributed by atoms with Crippen molar-refractivity contribution >= 4 is 32.4 Å². The van der Waals surface area contributed by atoms with Gasteiger partial charge in [-0.1, -0.05) is 42.5 Å². The number of carbonyl (C=O) groups excluding carboxylic acids is 1. The number of amides is 1. The Balaban J connectivity index is 1.54. The van der Waals surface area contributed by atoms with Crippen LogP contribution in [0.2, 0.25) is 0 Å². The maximum atomic E-state index is 13.3. The summed E-state index contributed by atoms with van der Waals surface area (Å²) in [5.74, 6) is -0.545. The van der Waals surface area contributed by atoms with Gasteiger partial charge >= 0.3 is 0 Å². The van der Waals surface area contributed by atoms with Gasteiger partial charge in [0, 0.05) is 24.2 Å². The van der Waals surface area contributed by atoms with Gasteiger partial charge in [-0.25, -0.2) is 8.42 Å². The van der Waals surface area contributed by atoms with E-state index in [1.165, 1.54) is 21.1 Å². The van der Waals surface area contributed by atoms with Crippen molar-refractivity contribution in [3.05, 3.63) is 94.9 Å². The Bertz CT molecular complexity index is 1540. The van der Waals surface area contributed by atoms with E-state index in [4.69, 9.17) is 0 Å². The molecule has 2 heterocycles. The fourth-order valence-corrected chi connectivity index (χ4v) is 5.67. The number of nitrogens with zero attached hydrogens (tertiary/aromatic N) is 3. The SMILES string of the molecule is O=C(Nc1cccc(S(=O)(=O)N2CCCC2)c1)c1nn(-c2ccccc2)c(=O)c2ccccc12. The smallest absolute Gasteiger partial charge is 0.279 e. The van der Waals surface area contributed by atoms with Gasteiger partial charge < -0.3 is 5.32 Å². The van der Waals surface area contributed by atoms with E-state index in [2.05, 4.69) is 10.4 Å². The number of nitrogens with one attached hydrogen (secondary N) is 1. The molecule has 3 aromatic carbocycles. The molecule has 1 aliphatic rings. The highest BCUT2D eigenvalue weighted by Crippen LogP contribution is 2.24. The molecule has 1 amide bonds. The zero-order valence-electron chi connectivity index (χ0n) is 18.2. The summed E-state index contributed by atoms with van der Waals surface area (Å²) in [6.07, 6.45) is 1.68. The first kappa shape index (κ1) is 22.0. The molecule has 4 aromatic rings. The van der Waals surface area contributed by atoms with Crippen molar-refractivity contribution in [2.45, 2.75) is 17.7 Å². The van der Waals surface area contributed by atoms with Crippen molar-refractivity contribution in [3.8, 4) is 5.69 Å². The standard InChI is InChI=1S/C25H22N4O4S/c30-24(26-18-9-8-12-20(17-18)34(32,33)28-15-6-7-16-28)23-21-13-4-5-14-22(21)25(31)29(27-23)19-10-2-1-3-11-19/h1-5,8-14,17H,6-7,15-16H2,(H,26,30). The van der Waals surface area contributed by atoms with Gasteiger partial charge in [-0.2, -0.15) is 14.1 Å². The van der Waals surface area contributed by atoms with Crippen LogP contribution in [-0.4, -0.2) is 41.5 Å². The Morgan fingerprint density at radius 2 is 1.53 bits per heavy atom. The van der Waals surface area contributed by atoms with Gasteiger partial charge in [0.15, 0.2) is 5.69 Å². The highest BCUT2D eigenvalue weighted by Gasteiger charge is 2.27. The third kappa shape index (κ3) is 4.00. The molecule has 172 valence electrons. The average molecular weight is 475 g/mol. The summed E-state index contributed by atoms with van der Waals surface area (Å²) in [5.41, 5.74) is 0.587. The average Bonchev–Trinajstić information content (AvgIpc) is 3.41. The molecule has 9 heteroatoms. The lowest BCUT2D eigenvalue weighted by atomic mass is 10.1. The fraction of sp³-hybridized carbons (Fsp3) is 0.160. The lowest BCUT2D eigenvalue weighted by molar-refractivity contribution is 0.102. The van der Waals surface area contributed by atoms with Gasteiger partial charge in [0.1, 0.15) is 0 Å². The summed E-state index contributed by atoms with van der Waals surface area (Å²) in [5, 5.41) is 7.89. The molecule has 1 aliphatic heterocycles. The van der Waals surface area contributed by atoms with Crippen LogP contribution < -0.4 is 10.9 Å². The van der Waals surface area contributed by atoms with Crippen LogP contribution in [0.15, 0.2) is 88.6 Å². The van der Waals surface area contributed by atoms with Gasteiger partial charge in [0.05, 0.1) is 16.0 Å². The Morgan fingerprint density at radius 3 is 2.26 bits per heavy atom. The third-order valence-electron chi connectivity index (χ3n) is 5.82. The Morgan fingerprint density at radius 1 is 0.853 bits per heavy atom. The van der Waals surface area contributed by atoms with E-state index < -0.39 is 15.9 Å². The van der Waals surface area contributed by atoms with Gasteiger partial charge in [-0.15, -0.1) is 0 Å². The first-order valence-corrected chi connectivity index (χ1v) is 12.4. The number of hydrogen-bond acceptors (Lipinski definition) is 5. The van der Waals surface area contributed by atoms with E-state index >= 15 is 0 Å². The second-order valence-electron chi connectivity index (χ2n) is 8.04. The number of carbonyl (C=O) groups is 1. The molecule has 1 aromatic heterocycles. The number of fused-ring (bicyclic) bond motifs is 1. The molecule has 0 atom stereocenters. The number of para-hydroxylation sites is 1. The van der Waals surface area contributed by atoms with Gasteiger partial charge in [0.25, 0.3) is 11.5 Å². The van der Waals surface area contributed by atoms with Crippen molar-refractivity contribution in [2.24, 2.45) is 0 Å². The van der Waals surface area contributed by atoms with Crippen molar-refractivity contribution in [2.75, 3.05) is 18.4 Å². The van der Waals surface area contributed by atoms with Crippen molar-refractivity contribution in [3.63, 3.8) is 0 Å². The van der Waals surface area contributed by atoms with Crippen LogP contribution >= 0.6 is 0 Å². The second kappa shape index (κ2) is 8.85. The monoisotopic (exact) mass is 474 g/mol. The lowest BCUT2D eigenvalue weighted by Gasteiger charge is -2.16. The number of anilines is 1. The molecule has 8 nitrogen and oxygen atoms in total. The molecule has 0 spiro atoms. The number of sulfonamides is 1. The summed E-state index contributed by atoms with van der Waals surface area (Å²) in [6, 6.07) is 21.8. The quantitative estimate of drug-likeness (QED) is 0.478. The first-order valence-electron chi connectivity index (χ1n) is 10.9. The molecule has 0 unspecified atom stereocenters. The maximum Gasteiger partial charge on any atom is 0.279 e. The van der Waals surface area contributed by atoms with Crippen molar-refractivity contribution in [1.29, 1.82) is 0 Å². The molecule has 1 saturated heterocycles. The zero-order valence-corrected chi connectivity index (χ0v) is 19.0. The molecule has 5 rings (SSSR count). The Labute approximate surface area is 196 Å². The minimum absolute atomic E-state index is 0.0619. The van der Waals surface area contributed by atoms with Crippen LogP contribution in [0.4, 0.5) is 5.69 Å². The predicted octanol–water partition coefficient (Wildman–Crippen LogP) is 3.42. The third-order valence-corrected chi connectivity index (χ3v) is 7.71. The molecule has 0 bridgehead atoms. The molecule has 1 fully saturated rings. The molecular weight excluding hydrogens is 452 g/mol. The van der Waals surface area contributed by atoms with E-state index in [1.807, 2.05) is 6.07 Å². The lowest BCUT2D eigenvalue weighted by Crippen LogP contribution is -2.28. The van der Waals surface area contributed by atoms with E-state index in [-0.39, 0.29) is 16.1 Å². The number of aromatic nitrogens is 2. The summed E-state index contributed by atoms with van der Waals surface area (Å²) >= 11 is 0. The summed E-state index contributed by atoms with van der Waals surface area (Å²) < 4.78 is 28.5. The number of hydrogen-bond donors (Lipinski definition) is 1. The zero-order chi connectivity index (χ0) is 23.7. The van der Waals surface area contributed by atoms with Crippen LogP contribution in [0.3, 0.4) is 0 Å². The van der Waals surface area contributed by atoms with E-state index in [0.29, 0.717) is 35.2 Å². The molecule has 1 N–H and O–H groups in total. The Kier molecular flexibility index (Phi) is 5.72. The van der Waals surface area contributed by atoms with Crippen LogP contribution in [0.25, 0.3) is 16.5 Å². The van der Waals surface area contributed by atoms with E-state index in [0.717, 1.165) is 12.8 Å². The van der Waals surface area contributed by atoms with Crippen LogP contribution in [0.5, 0.6) is 0 Å². The fourth-order valence-electron chi connectivity index (χ4n) is 4.10. The molecule has 0 aliphatic carbocycles. The molecule has 0 saturated carbocycles. The van der Waals surface area contributed by atoms with E-state index in [1.54, 1.807) is 60.7 Å². The largest absolute Gasteiger partial charge is 0.321 e. The number of benzene rings is 3. The maximum absolute atomic E-state index is 13.3. The normalized spacial score (nSPS) is 14.4. The topological polar surface area (TPSA) is 101 Å². The molecule has 34 heavy (non-hydrogen) atoms. The summed E-state index contributed by atoms with van der Waals surface area (Å²) in [7, 11) is -3.62. The number of rotatable bonds is 5. The molecular formula is C25H22N4O4S. The molecule has 0 radical (unpaired) electrons.